The van der Waals surface area contributed by atoms with E-state index in [0.29, 0.717) is 34.5 Å². The summed E-state index contributed by atoms with van der Waals surface area (Å²) in [5.41, 5.74) is 5.50. The third-order valence-corrected chi connectivity index (χ3v) is 7.93. The first kappa shape index (κ1) is 43.0. The minimum absolute atomic E-state index is 0. The Bertz CT molecular complexity index is 1410. The molecule has 0 bridgehead atoms. The zero-order chi connectivity index (χ0) is 33.2. The van der Waals surface area contributed by atoms with Crippen LogP contribution in [-0.2, 0) is 0 Å². The molecule has 2 heterocycles. The van der Waals surface area contributed by atoms with Crippen LogP contribution in [0.25, 0.3) is 22.5 Å². The first-order valence-corrected chi connectivity index (χ1v) is 14.9. The highest BCUT2D eigenvalue weighted by molar-refractivity contribution is 5.86. The van der Waals surface area contributed by atoms with Crippen molar-refractivity contribution < 1.29 is 28.4 Å². The molecule has 0 aliphatic carbocycles. The third-order valence-electron chi connectivity index (χ3n) is 7.93. The molecule has 0 aliphatic heterocycles. The van der Waals surface area contributed by atoms with E-state index in [2.05, 4.69) is 48.0 Å². The van der Waals surface area contributed by atoms with Crippen molar-refractivity contribution in [2.45, 2.75) is 0 Å². The summed E-state index contributed by atoms with van der Waals surface area (Å²) in [5, 5.41) is 0. The van der Waals surface area contributed by atoms with Gasteiger partial charge in [0.1, 0.15) is 0 Å². The Hall–Kier alpha value is -4.03. The molecule has 11 nitrogen and oxygen atoms in total. The smallest absolute Gasteiger partial charge is 0.203 e. The fourth-order valence-corrected chi connectivity index (χ4v) is 5.03. The summed E-state index contributed by atoms with van der Waals surface area (Å²) in [4.78, 5) is 16.2. The van der Waals surface area contributed by atoms with E-state index in [1.807, 2.05) is 48.8 Å². The van der Waals surface area contributed by atoms with Gasteiger partial charge in [0.05, 0.1) is 77.8 Å². The van der Waals surface area contributed by atoms with E-state index in [9.17, 15) is 0 Å². The van der Waals surface area contributed by atoms with Crippen LogP contribution in [-0.4, -0.2) is 105 Å². The average Bonchev–Trinajstić information content (AvgIpc) is 3.11. The maximum absolute atomic E-state index is 5.50. The van der Waals surface area contributed by atoms with Gasteiger partial charge < -0.3 is 43.1 Å². The van der Waals surface area contributed by atoms with Crippen LogP contribution >= 0.6 is 37.2 Å². The average molecular weight is 741 g/mol. The van der Waals surface area contributed by atoms with Crippen LogP contribution in [0, 0.1) is 0 Å². The van der Waals surface area contributed by atoms with E-state index in [-0.39, 0.29) is 37.2 Å². The Morgan fingerprint density at radius 1 is 0.469 bits per heavy atom. The fraction of sp³-hybridized carbons (Fsp3) is 0.371. The van der Waals surface area contributed by atoms with Gasteiger partial charge >= 0.3 is 0 Å². The number of methoxy groups -OCH3 is 6. The van der Waals surface area contributed by atoms with Gasteiger partial charge in [-0.25, -0.2) is 0 Å². The molecule has 49 heavy (non-hydrogen) atoms. The number of pyridine rings is 2. The summed E-state index contributed by atoms with van der Waals surface area (Å²) in [6.07, 6.45) is 3.78. The van der Waals surface area contributed by atoms with Crippen molar-refractivity contribution in [3.05, 3.63) is 60.9 Å². The van der Waals surface area contributed by atoms with E-state index in [4.69, 9.17) is 38.4 Å². The van der Waals surface area contributed by atoms with Crippen LogP contribution in [0.4, 0.5) is 11.4 Å². The topological polar surface area (TPSA) is 90.9 Å². The molecule has 0 amide bonds. The Morgan fingerprint density at radius 3 is 1.04 bits per heavy atom. The largest absolute Gasteiger partial charge is 0.493 e. The monoisotopic (exact) mass is 739 g/mol. The number of benzene rings is 2. The van der Waals surface area contributed by atoms with Crippen LogP contribution in [0.15, 0.2) is 60.9 Å². The molecule has 0 radical (unpaired) electrons. The lowest BCUT2D eigenvalue weighted by atomic mass is 10.1. The molecule has 0 N–H and O–H groups in total. The molecule has 2 aromatic heterocycles. The summed E-state index contributed by atoms with van der Waals surface area (Å²) >= 11 is 0. The normalized spacial score (nSPS) is 10.2. The first-order valence-electron chi connectivity index (χ1n) is 14.9. The van der Waals surface area contributed by atoms with Gasteiger partial charge in [0.25, 0.3) is 0 Å². The van der Waals surface area contributed by atoms with Gasteiger partial charge in [0.2, 0.25) is 11.5 Å². The Labute approximate surface area is 308 Å². The molecule has 0 atom stereocenters. The van der Waals surface area contributed by atoms with Crippen LogP contribution in [0.1, 0.15) is 0 Å². The lowest BCUT2D eigenvalue weighted by Gasteiger charge is -2.26. The van der Waals surface area contributed by atoms with Crippen molar-refractivity contribution in [3.8, 4) is 57.0 Å². The fourth-order valence-electron chi connectivity index (χ4n) is 5.03. The third kappa shape index (κ3) is 10.5. The number of anilines is 2. The van der Waals surface area contributed by atoms with Crippen molar-refractivity contribution in [3.63, 3.8) is 0 Å². The number of nitrogens with zero attached hydrogens (tertiary/aromatic N) is 5. The van der Waals surface area contributed by atoms with Crippen molar-refractivity contribution >= 4 is 48.6 Å². The second-order valence-electron chi connectivity index (χ2n) is 10.8. The summed E-state index contributed by atoms with van der Waals surface area (Å²) in [6.45, 7) is 3.52. The number of rotatable bonds is 16. The number of hydrogen-bond donors (Lipinski definition) is 0. The van der Waals surface area contributed by atoms with Crippen molar-refractivity contribution in [2.75, 3.05) is 99.8 Å². The van der Waals surface area contributed by atoms with Gasteiger partial charge in [-0.3, -0.25) is 9.97 Å². The highest BCUT2D eigenvalue weighted by Gasteiger charge is 2.17. The lowest BCUT2D eigenvalue weighted by Crippen LogP contribution is -2.35. The molecule has 0 saturated heterocycles. The second-order valence-corrected chi connectivity index (χ2v) is 10.8. The predicted molar refractivity (Wildman–Crippen MR) is 204 cm³/mol. The number of halogens is 3. The van der Waals surface area contributed by atoms with Crippen molar-refractivity contribution in [1.82, 2.24) is 14.9 Å². The zero-order valence-electron chi connectivity index (χ0n) is 29.5. The number of aromatic nitrogens is 2. The molecule has 4 aromatic rings. The van der Waals surface area contributed by atoms with Gasteiger partial charge in [-0.2, -0.15) is 0 Å². The van der Waals surface area contributed by atoms with E-state index in [1.54, 1.807) is 42.7 Å². The van der Waals surface area contributed by atoms with Crippen molar-refractivity contribution in [2.24, 2.45) is 0 Å². The minimum Gasteiger partial charge on any atom is -0.493 e. The molecular formula is C35H48Cl3N5O6. The van der Waals surface area contributed by atoms with Gasteiger partial charge in [0.15, 0.2) is 23.0 Å². The lowest BCUT2D eigenvalue weighted by molar-refractivity contribution is 0.324. The maximum Gasteiger partial charge on any atom is 0.203 e. The van der Waals surface area contributed by atoms with E-state index < -0.39 is 0 Å². The molecular weight excluding hydrogens is 693 g/mol. The Balaban J connectivity index is 0.00000400. The number of hydrogen-bond acceptors (Lipinski definition) is 11. The predicted octanol–water partition coefficient (Wildman–Crippen LogP) is 6.63. The molecule has 4 rings (SSSR count). The van der Waals surface area contributed by atoms with Gasteiger partial charge in [0, 0.05) is 51.4 Å². The molecule has 0 saturated carbocycles. The molecule has 0 aliphatic rings. The summed E-state index contributed by atoms with van der Waals surface area (Å²) in [6, 6.07) is 15.8. The first-order chi connectivity index (χ1) is 22.3. The molecule has 14 heteroatoms. The Morgan fingerprint density at radius 2 is 0.796 bits per heavy atom. The highest BCUT2D eigenvalue weighted by atomic mass is 35.5. The van der Waals surface area contributed by atoms with E-state index >= 15 is 0 Å². The zero-order valence-corrected chi connectivity index (χ0v) is 32.0. The van der Waals surface area contributed by atoms with Crippen LogP contribution < -0.4 is 38.2 Å². The van der Waals surface area contributed by atoms with Crippen LogP contribution in [0.3, 0.4) is 0 Å². The van der Waals surface area contributed by atoms with Crippen LogP contribution in [0.5, 0.6) is 34.5 Å². The Kier molecular flexibility index (Phi) is 18.0. The number of ether oxygens (including phenoxy) is 6. The van der Waals surface area contributed by atoms with Gasteiger partial charge in [-0.15, -0.1) is 37.2 Å². The number of likely N-dealkylation sites (N-methyl/N-ethyl adjacent to an activating group) is 3. The van der Waals surface area contributed by atoms with Crippen molar-refractivity contribution in [1.29, 1.82) is 0 Å². The van der Waals surface area contributed by atoms with E-state index in [0.717, 1.165) is 60.1 Å². The molecule has 0 spiro atoms. The molecule has 270 valence electrons. The van der Waals surface area contributed by atoms with Crippen LogP contribution in [0.2, 0.25) is 0 Å². The second kappa shape index (κ2) is 20.5. The minimum atomic E-state index is 0. The highest BCUT2D eigenvalue weighted by Crippen LogP contribution is 2.42. The van der Waals surface area contributed by atoms with Gasteiger partial charge in [-0.1, -0.05) is 0 Å². The molecule has 0 fully saturated rings. The summed E-state index contributed by atoms with van der Waals surface area (Å²) in [5.74, 6) is 3.50. The van der Waals surface area contributed by atoms with Gasteiger partial charge in [-0.05, 0) is 55.6 Å². The molecule has 0 unspecified atom stereocenters. The maximum atomic E-state index is 5.50. The SMILES string of the molecule is COc1cc(-c2ccc(N(C)CCN(C)CCN(C)c3ccc(-c4cc(OC)c(OC)c(OC)c4)nc3)cn2)cc(OC)c1OC.Cl.Cl.Cl. The summed E-state index contributed by atoms with van der Waals surface area (Å²) in [7, 11) is 15.9. The quantitative estimate of drug-likeness (QED) is 0.124. The summed E-state index contributed by atoms with van der Waals surface area (Å²) < 4.78 is 32.9. The standard InChI is InChI=1S/C35H45N5O6.3ClH/c1-38(14-16-39(2)26-10-12-28(36-22-26)24-18-30(41-4)34(45-8)31(19-24)42-5)15-17-40(3)27-11-13-29(37-23-27)25-20-32(43-6)35(46-9)33(21-25)44-7;;;/h10-13,18-23H,14-17H2,1-9H3;3*1H. The molecule has 2 aromatic carbocycles. The van der Waals surface area contributed by atoms with E-state index in [1.165, 1.54) is 0 Å².